The van der Waals surface area contributed by atoms with E-state index in [1.807, 2.05) is 47.8 Å². The van der Waals surface area contributed by atoms with Crippen molar-refractivity contribution < 1.29 is 4.79 Å². The predicted octanol–water partition coefficient (Wildman–Crippen LogP) is 2.30. The largest absolute Gasteiger partial charge is 0.344 e. The van der Waals surface area contributed by atoms with Gasteiger partial charge in [0.25, 0.3) is 0 Å². The van der Waals surface area contributed by atoms with Crippen LogP contribution >= 0.6 is 11.3 Å². The monoisotopic (exact) mass is 260 g/mol. The SMILES string of the molecule is NCCC(=O)NC(c1ccccc1)c1cccs1. The van der Waals surface area contributed by atoms with Gasteiger partial charge in [-0.1, -0.05) is 36.4 Å². The van der Waals surface area contributed by atoms with E-state index in [4.69, 9.17) is 5.73 Å². The van der Waals surface area contributed by atoms with Gasteiger partial charge in [-0.15, -0.1) is 11.3 Å². The van der Waals surface area contributed by atoms with E-state index < -0.39 is 0 Å². The average Bonchev–Trinajstić information content (AvgIpc) is 2.91. The molecule has 0 aliphatic rings. The molecule has 2 aromatic rings. The maximum Gasteiger partial charge on any atom is 0.222 e. The predicted molar refractivity (Wildman–Crippen MR) is 74.4 cm³/mol. The summed E-state index contributed by atoms with van der Waals surface area (Å²) < 4.78 is 0. The summed E-state index contributed by atoms with van der Waals surface area (Å²) in [5.41, 5.74) is 6.49. The van der Waals surface area contributed by atoms with E-state index in [0.717, 1.165) is 10.4 Å². The number of rotatable bonds is 5. The maximum atomic E-state index is 11.7. The molecule has 0 saturated heterocycles. The van der Waals surface area contributed by atoms with Crippen LogP contribution in [0, 0.1) is 0 Å². The minimum atomic E-state index is -0.0785. The molecule has 0 aliphatic heterocycles. The van der Waals surface area contributed by atoms with E-state index >= 15 is 0 Å². The molecule has 1 atom stereocenters. The Bertz CT molecular complexity index is 482. The Morgan fingerprint density at radius 3 is 2.61 bits per heavy atom. The molecule has 0 spiro atoms. The molecule has 4 heteroatoms. The Hall–Kier alpha value is -1.65. The van der Waals surface area contributed by atoms with Crippen LogP contribution in [0.1, 0.15) is 22.9 Å². The highest BCUT2D eigenvalue weighted by molar-refractivity contribution is 7.10. The normalized spacial score (nSPS) is 12.1. The number of hydrogen-bond acceptors (Lipinski definition) is 3. The molecule has 0 aliphatic carbocycles. The van der Waals surface area contributed by atoms with Crippen LogP contribution in [0.4, 0.5) is 0 Å². The molecule has 1 aromatic carbocycles. The number of amides is 1. The first-order chi connectivity index (χ1) is 8.81. The van der Waals surface area contributed by atoms with Crippen molar-refractivity contribution in [2.75, 3.05) is 6.54 Å². The van der Waals surface area contributed by atoms with Crippen molar-refractivity contribution in [2.24, 2.45) is 5.73 Å². The number of carbonyl (C=O) groups is 1. The van der Waals surface area contributed by atoms with Crippen molar-refractivity contribution in [3.05, 3.63) is 58.3 Å². The Labute approximate surface area is 111 Å². The minimum absolute atomic E-state index is 0.0141. The fraction of sp³-hybridized carbons (Fsp3) is 0.214. The lowest BCUT2D eigenvalue weighted by atomic mass is 10.1. The molecule has 0 bridgehead atoms. The van der Waals surface area contributed by atoms with Crippen LogP contribution in [0.25, 0.3) is 0 Å². The summed E-state index contributed by atoms with van der Waals surface area (Å²) in [4.78, 5) is 12.9. The van der Waals surface area contributed by atoms with E-state index in [9.17, 15) is 4.79 Å². The lowest BCUT2D eigenvalue weighted by Crippen LogP contribution is -2.30. The summed E-state index contributed by atoms with van der Waals surface area (Å²) in [7, 11) is 0. The van der Waals surface area contributed by atoms with E-state index in [-0.39, 0.29) is 11.9 Å². The number of nitrogens with one attached hydrogen (secondary N) is 1. The van der Waals surface area contributed by atoms with Crippen LogP contribution < -0.4 is 11.1 Å². The van der Waals surface area contributed by atoms with Gasteiger partial charge in [0.2, 0.25) is 5.91 Å². The highest BCUT2D eigenvalue weighted by Gasteiger charge is 2.16. The van der Waals surface area contributed by atoms with Crippen LogP contribution in [0.3, 0.4) is 0 Å². The van der Waals surface area contributed by atoms with E-state index in [1.165, 1.54) is 0 Å². The summed E-state index contributed by atoms with van der Waals surface area (Å²) in [5, 5.41) is 5.04. The third-order valence-corrected chi connectivity index (χ3v) is 3.57. The second kappa shape index (κ2) is 6.33. The molecular weight excluding hydrogens is 244 g/mol. The van der Waals surface area contributed by atoms with Crippen LogP contribution in [-0.2, 0) is 4.79 Å². The van der Waals surface area contributed by atoms with Crippen molar-refractivity contribution in [1.82, 2.24) is 5.32 Å². The second-order valence-corrected chi connectivity index (χ2v) is 4.94. The van der Waals surface area contributed by atoms with Gasteiger partial charge >= 0.3 is 0 Å². The molecule has 0 saturated carbocycles. The van der Waals surface area contributed by atoms with Crippen molar-refractivity contribution in [3.63, 3.8) is 0 Å². The molecule has 0 fully saturated rings. The van der Waals surface area contributed by atoms with Gasteiger partial charge in [0, 0.05) is 17.8 Å². The van der Waals surface area contributed by atoms with E-state index in [2.05, 4.69) is 5.32 Å². The van der Waals surface area contributed by atoms with E-state index in [1.54, 1.807) is 11.3 Å². The van der Waals surface area contributed by atoms with Crippen molar-refractivity contribution in [3.8, 4) is 0 Å². The number of benzene rings is 1. The molecule has 94 valence electrons. The third kappa shape index (κ3) is 3.18. The number of nitrogens with two attached hydrogens (primary N) is 1. The van der Waals surface area contributed by atoms with Gasteiger partial charge in [0.1, 0.15) is 0 Å². The molecule has 18 heavy (non-hydrogen) atoms. The lowest BCUT2D eigenvalue weighted by Gasteiger charge is -2.17. The molecule has 2 rings (SSSR count). The van der Waals surface area contributed by atoms with Gasteiger partial charge in [0.05, 0.1) is 6.04 Å². The first kappa shape index (κ1) is 12.8. The molecule has 1 amide bonds. The Morgan fingerprint density at radius 1 is 1.22 bits per heavy atom. The standard InChI is InChI=1S/C14H16N2OS/c15-9-8-13(17)16-14(12-7-4-10-18-12)11-5-2-1-3-6-11/h1-7,10,14H,8-9,15H2,(H,16,17). The van der Waals surface area contributed by atoms with Gasteiger partial charge < -0.3 is 11.1 Å². The minimum Gasteiger partial charge on any atom is -0.344 e. The molecule has 3 nitrogen and oxygen atoms in total. The highest BCUT2D eigenvalue weighted by atomic mass is 32.1. The molecule has 3 N–H and O–H groups in total. The zero-order chi connectivity index (χ0) is 12.8. The van der Waals surface area contributed by atoms with Crippen molar-refractivity contribution in [1.29, 1.82) is 0 Å². The van der Waals surface area contributed by atoms with Gasteiger partial charge in [-0.25, -0.2) is 0 Å². The van der Waals surface area contributed by atoms with Crippen LogP contribution in [0.15, 0.2) is 47.8 Å². The van der Waals surface area contributed by atoms with Gasteiger partial charge in [-0.3, -0.25) is 4.79 Å². The van der Waals surface area contributed by atoms with Crippen LogP contribution in [-0.4, -0.2) is 12.5 Å². The zero-order valence-corrected chi connectivity index (χ0v) is 10.8. The summed E-state index contributed by atoms with van der Waals surface area (Å²) in [6.45, 7) is 0.373. The number of carbonyl (C=O) groups excluding carboxylic acids is 1. The Balaban J connectivity index is 2.22. The number of thiophene rings is 1. The molecule has 1 unspecified atom stereocenters. The fourth-order valence-corrected chi connectivity index (χ4v) is 2.59. The summed E-state index contributed by atoms with van der Waals surface area (Å²) >= 11 is 1.64. The third-order valence-electron chi connectivity index (χ3n) is 2.64. The lowest BCUT2D eigenvalue weighted by molar-refractivity contribution is -0.121. The van der Waals surface area contributed by atoms with E-state index in [0.29, 0.717) is 13.0 Å². The first-order valence-corrected chi connectivity index (χ1v) is 6.77. The second-order valence-electron chi connectivity index (χ2n) is 3.97. The Kier molecular flexibility index (Phi) is 4.50. The first-order valence-electron chi connectivity index (χ1n) is 5.89. The molecule has 1 aromatic heterocycles. The topological polar surface area (TPSA) is 55.1 Å². The fourth-order valence-electron chi connectivity index (χ4n) is 1.78. The molecular formula is C14H16N2OS. The van der Waals surface area contributed by atoms with Crippen molar-refractivity contribution >= 4 is 17.2 Å². The zero-order valence-electron chi connectivity index (χ0n) is 10.0. The molecule has 1 heterocycles. The molecule has 0 radical (unpaired) electrons. The van der Waals surface area contributed by atoms with Crippen LogP contribution in [0.2, 0.25) is 0 Å². The van der Waals surface area contributed by atoms with Crippen molar-refractivity contribution in [2.45, 2.75) is 12.5 Å². The highest BCUT2D eigenvalue weighted by Crippen LogP contribution is 2.25. The maximum absolute atomic E-state index is 11.7. The number of hydrogen-bond donors (Lipinski definition) is 2. The summed E-state index contributed by atoms with van der Waals surface area (Å²) in [5.74, 6) is -0.0141. The average molecular weight is 260 g/mol. The summed E-state index contributed by atoms with van der Waals surface area (Å²) in [6.07, 6.45) is 0.356. The van der Waals surface area contributed by atoms with Gasteiger partial charge in [-0.05, 0) is 17.0 Å². The van der Waals surface area contributed by atoms with Gasteiger partial charge in [-0.2, -0.15) is 0 Å². The van der Waals surface area contributed by atoms with Gasteiger partial charge in [0.15, 0.2) is 0 Å². The smallest absolute Gasteiger partial charge is 0.222 e. The Morgan fingerprint density at radius 2 is 2.00 bits per heavy atom. The summed E-state index contributed by atoms with van der Waals surface area (Å²) in [6, 6.07) is 13.9. The van der Waals surface area contributed by atoms with Crippen LogP contribution in [0.5, 0.6) is 0 Å². The quantitative estimate of drug-likeness (QED) is 0.866.